The van der Waals surface area contributed by atoms with Crippen LogP contribution in [0.4, 0.5) is 0 Å². The summed E-state index contributed by atoms with van der Waals surface area (Å²) in [6.45, 7) is 1.33. The van der Waals surface area contributed by atoms with Crippen LogP contribution >= 0.6 is 11.8 Å². The molecule has 5 rings (SSSR count). The SMILES string of the molecule is COCCn1c(SCc2nnc3n(C)c(=O)c4ccccc4n23)nc2ccccc21. The van der Waals surface area contributed by atoms with Gasteiger partial charge in [0.15, 0.2) is 5.16 Å². The van der Waals surface area contributed by atoms with E-state index in [1.807, 2.05) is 46.9 Å². The quantitative estimate of drug-likeness (QED) is 0.393. The van der Waals surface area contributed by atoms with Crippen molar-refractivity contribution >= 4 is 39.5 Å². The molecule has 0 radical (unpaired) electrons. The van der Waals surface area contributed by atoms with Crippen LogP contribution in [0.25, 0.3) is 27.7 Å². The molecule has 5 aromatic rings. The van der Waals surface area contributed by atoms with Crippen LogP contribution < -0.4 is 5.56 Å². The molecule has 0 saturated heterocycles. The molecule has 0 spiro atoms. The zero-order valence-corrected chi connectivity index (χ0v) is 17.5. The molecular formula is C21H20N6O2S. The van der Waals surface area contributed by atoms with E-state index in [0.29, 0.717) is 23.5 Å². The van der Waals surface area contributed by atoms with E-state index in [0.717, 1.165) is 34.1 Å². The highest BCUT2D eigenvalue weighted by molar-refractivity contribution is 7.98. The van der Waals surface area contributed by atoms with Gasteiger partial charge in [0.25, 0.3) is 5.56 Å². The van der Waals surface area contributed by atoms with Gasteiger partial charge in [-0.05, 0) is 24.3 Å². The van der Waals surface area contributed by atoms with Gasteiger partial charge in [-0.2, -0.15) is 0 Å². The summed E-state index contributed by atoms with van der Waals surface area (Å²) >= 11 is 1.60. The van der Waals surface area contributed by atoms with E-state index >= 15 is 0 Å². The Hall–Kier alpha value is -3.17. The number of aryl methyl sites for hydroxylation is 1. The van der Waals surface area contributed by atoms with Gasteiger partial charge in [0, 0.05) is 20.7 Å². The molecule has 3 heterocycles. The summed E-state index contributed by atoms with van der Waals surface area (Å²) < 4.78 is 10.9. The number of hydrogen-bond donors (Lipinski definition) is 0. The highest BCUT2D eigenvalue weighted by atomic mass is 32.2. The van der Waals surface area contributed by atoms with Crippen molar-refractivity contribution < 1.29 is 4.74 Å². The lowest BCUT2D eigenvalue weighted by Gasteiger charge is -2.09. The Morgan fingerprint density at radius 2 is 1.80 bits per heavy atom. The second-order valence-corrected chi connectivity index (χ2v) is 7.89. The molecule has 0 bridgehead atoms. The number of imidazole rings is 1. The number of hydrogen-bond acceptors (Lipinski definition) is 6. The summed E-state index contributed by atoms with van der Waals surface area (Å²) in [5.41, 5.74) is 2.76. The van der Waals surface area contributed by atoms with Crippen LogP contribution in [0.1, 0.15) is 5.82 Å². The van der Waals surface area contributed by atoms with Crippen molar-refractivity contribution in [3.8, 4) is 0 Å². The van der Waals surface area contributed by atoms with Crippen LogP contribution in [0.5, 0.6) is 0 Å². The van der Waals surface area contributed by atoms with Gasteiger partial charge < -0.3 is 9.30 Å². The molecule has 0 N–H and O–H groups in total. The Morgan fingerprint density at radius 3 is 2.63 bits per heavy atom. The Kier molecular flexibility index (Phi) is 4.76. The number of fused-ring (bicyclic) bond motifs is 4. The van der Waals surface area contributed by atoms with E-state index in [1.165, 1.54) is 4.57 Å². The number of thioether (sulfide) groups is 1. The molecule has 30 heavy (non-hydrogen) atoms. The third-order valence-corrected chi connectivity index (χ3v) is 6.13. The Bertz CT molecular complexity index is 1430. The van der Waals surface area contributed by atoms with Crippen LogP contribution in [0.15, 0.2) is 58.5 Å². The largest absolute Gasteiger partial charge is 0.383 e. The molecule has 9 heteroatoms. The van der Waals surface area contributed by atoms with Crippen molar-refractivity contribution in [2.75, 3.05) is 13.7 Å². The van der Waals surface area contributed by atoms with E-state index in [2.05, 4.69) is 20.8 Å². The number of nitrogens with zero attached hydrogens (tertiary/aromatic N) is 6. The van der Waals surface area contributed by atoms with Gasteiger partial charge in [0.1, 0.15) is 5.82 Å². The van der Waals surface area contributed by atoms with Crippen molar-refractivity contribution in [3.05, 3.63) is 64.7 Å². The standard InChI is InChI=1S/C21H20N6O2S/c1-25-19(28)14-7-3-5-9-16(14)27-18(23-24-20(25)27)13-30-21-22-15-8-4-6-10-17(15)26(21)11-12-29-2/h3-10H,11-13H2,1-2H3. The molecule has 0 amide bonds. The lowest BCUT2D eigenvalue weighted by molar-refractivity contribution is 0.186. The van der Waals surface area contributed by atoms with Crippen molar-refractivity contribution in [3.63, 3.8) is 0 Å². The van der Waals surface area contributed by atoms with Gasteiger partial charge in [-0.1, -0.05) is 36.0 Å². The van der Waals surface area contributed by atoms with Gasteiger partial charge in [0.05, 0.1) is 34.3 Å². The van der Waals surface area contributed by atoms with Crippen molar-refractivity contribution in [2.24, 2.45) is 7.05 Å². The molecule has 0 saturated carbocycles. The maximum Gasteiger partial charge on any atom is 0.262 e. The Morgan fingerprint density at radius 1 is 1.03 bits per heavy atom. The average Bonchev–Trinajstić information content (AvgIpc) is 3.36. The minimum absolute atomic E-state index is 0.0777. The third kappa shape index (κ3) is 2.98. The van der Waals surface area contributed by atoms with Crippen molar-refractivity contribution in [2.45, 2.75) is 17.5 Å². The molecule has 0 unspecified atom stereocenters. The first-order valence-corrected chi connectivity index (χ1v) is 10.6. The van der Waals surface area contributed by atoms with Crippen molar-refractivity contribution in [1.29, 1.82) is 0 Å². The topological polar surface area (TPSA) is 79.2 Å². The van der Waals surface area contributed by atoms with Gasteiger partial charge >= 0.3 is 0 Å². The molecule has 0 atom stereocenters. The fourth-order valence-corrected chi connectivity index (χ4v) is 4.63. The summed E-state index contributed by atoms with van der Waals surface area (Å²) in [6, 6.07) is 15.6. The summed E-state index contributed by atoms with van der Waals surface area (Å²) in [5, 5.41) is 10.2. The van der Waals surface area contributed by atoms with E-state index in [-0.39, 0.29) is 5.56 Å². The highest BCUT2D eigenvalue weighted by Crippen LogP contribution is 2.27. The summed E-state index contributed by atoms with van der Waals surface area (Å²) in [5.74, 6) is 1.87. The maximum atomic E-state index is 12.6. The van der Waals surface area contributed by atoms with Gasteiger partial charge in [-0.25, -0.2) is 4.98 Å². The van der Waals surface area contributed by atoms with Crippen LogP contribution in [-0.2, 0) is 24.1 Å². The number of benzene rings is 2. The minimum atomic E-state index is -0.0777. The molecule has 0 aliphatic heterocycles. The van der Waals surface area contributed by atoms with Crippen molar-refractivity contribution in [1.82, 2.24) is 28.7 Å². The number of ether oxygens (including phenoxy) is 1. The van der Waals surface area contributed by atoms with E-state index in [9.17, 15) is 4.79 Å². The molecule has 8 nitrogen and oxygen atoms in total. The lowest BCUT2D eigenvalue weighted by Crippen LogP contribution is -2.20. The second-order valence-electron chi connectivity index (χ2n) is 6.95. The lowest BCUT2D eigenvalue weighted by atomic mass is 10.2. The zero-order valence-electron chi connectivity index (χ0n) is 16.6. The van der Waals surface area contributed by atoms with E-state index in [4.69, 9.17) is 9.72 Å². The summed E-state index contributed by atoms with van der Waals surface area (Å²) in [6.07, 6.45) is 0. The van der Waals surface area contributed by atoms with Gasteiger partial charge in [-0.15, -0.1) is 10.2 Å². The minimum Gasteiger partial charge on any atom is -0.383 e. The number of methoxy groups -OCH3 is 1. The molecular weight excluding hydrogens is 400 g/mol. The number of para-hydroxylation sites is 3. The van der Waals surface area contributed by atoms with E-state index in [1.54, 1.807) is 25.9 Å². The van der Waals surface area contributed by atoms with Gasteiger partial charge in [-0.3, -0.25) is 13.8 Å². The monoisotopic (exact) mass is 420 g/mol. The van der Waals surface area contributed by atoms with Crippen LogP contribution in [0.3, 0.4) is 0 Å². The predicted molar refractivity (Wildman–Crippen MR) is 117 cm³/mol. The summed E-state index contributed by atoms with van der Waals surface area (Å²) in [4.78, 5) is 17.4. The summed E-state index contributed by atoms with van der Waals surface area (Å²) in [7, 11) is 3.42. The fourth-order valence-electron chi connectivity index (χ4n) is 3.68. The van der Waals surface area contributed by atoms with E-state index < -0.39 is 0 Å². The third-order valence-electron chi connectivity index (χ3n) is 5.16. The molecule has 0 fully saturated rings. The maximum absolute atomic E-state index is 12.6. The molecule has 3 aromatic heterocycles. The average molecular weight is 420 g/mol. The Labute approximate surface area is 176 Å². The first kappa shape index (κ1) is 18.8. The smallest absolute Gasteiger partial charge is 0.262 e. The second kappa shape index (κ2) is 7.58. The first-order chi connectivity index (χ1) is 14.7. The van der Waals surface area contributed by atoms with Crippen LogP contribution in [-0.4, -0.2) is 42.4 Å². The van der Waals surface area contributed by atoms with Crippen LogP contribution in [0.2, 0.25) is 0 Å². The molecule has 152 valence electrons. The highest BCUT2D eigenvalue weighted by Gasteiger charge is 2.17. The fraction of sp³-hybridized carbons (Fsp3) is 0.238. The molecule has 0 aliphatic carbocycles. The Balaban J connectivity index is 1.57. The number of rotatable bonds is 6. The first-order valence-electron chi connectivity index (χ1n) is 9.58. The zero-order chi connectivity index (χ0) is 20.7. The molecule has 0 aliphatic rings. The van der Waals surface area contributed by atoms with Gasteiger partial charge in [0.2, 0.25) is 5.78 Å². The van der Waals surface area contributed by atoms with Crippen LogP contribution in [0, 0.1) is 0 Å². The normalized spacial score (nSPS) is 11.8. The molecule has 2 aromatic carbocycles. The predicted octanol–water partition coefficient (Wildman–Crippen LogP) is 2.87. The number of aromatic nitrogens is 6.